The maximum Gasteiger partial charge on any atom is 0.140 e. The topological polar surface area (TPSA) is 49.0 Å². The number of rotatable bonds is 3. The van der Waals surface area contributed by atoms with Crippen molar-refractivity contribution in [1.82, 2.24) is 5.32 Å². The molecule has 1 aromatic carbocycles. The second-order valence-electron chi connectivity index (χ2n) is 5.05. The molecule has 0 aliphatic heterocycles. The fourth-order valence-corrected chi connectivity index (χ4v) is 2.71. The van der Waals surface area contributed by atoms with Gasteiger partial charge in [-0.05, 0) is 36.6 Å². The Labute approximate surface area is 117 Å². The van der Waals surface area contributed by atoms with Crippen molar-refractivity contribution in [3.63, 3.8) is 0 Å². The average molecular weight is 270 g/mol. The van der Waals surface area contributed by atoms with E-state index in [1.54, 1.807) is 18.4 Å². The van der Waals surface area contributed by atoms with E-state index in [4.69, 9.17) is 9.68 Å². The Hall–Kier alpha value is -2.12. The Kier molecular flexibility index (Phi) is 3.53. The van der Waals surface area contributed by atoms with E-state index < -0.39 is 5.82 Å². The first-order valence-electron chi connectivity index (χ1n) is 6.76. The molecular weight excluding hydrogens is 255 g/mol. The fraction of sp³-hybridized carbons (Fsp3) is 0.312. The van der Waals surface area contributed by atoms with Crippen LogP contribution in [0.25, 0.3) is 0 Å². The maximum atomic E-state index is 13.3. The van der Waals surface area contributed by atoms with E-state index >= 15 is 0 Å². The highest BCUT2D eigenvalue weighted by molar-refractivity contribution is 5.34. The number of nitriles is 1. The standard InChI is InChI=1S/C16H15FN2O/c17-14-5-4-11(8-12(14)9-18)10-19-15-2-1-3-16-13(15)6-7-20-16/h4-8,15,19H,1-3,10H2. The maximum absolute atomic E-state index is 13.3. The van der Waals surface area contributed by atoms with Gasteiger partial charge >= 0.3 is 0 Å². The van der Waals surface area contributed by atoms with Gasteiger partial charge in [0.15, 0.2) is 0 Å². The summed E-state index contributed by atoms with van der Waals surface area (Å²) in [5.74, 6) is 0.594. The van der Waals surface area contributed by atoms with Crippen LogP contribution in [0.3, 0.4) is 0 Å². The van der Waals surface area contributed by atoms with Crippen LogP contribution in [-0.2, 0) is 13.0 Å². The summed E-state index contributed by atoms with van der Waals surface area (Å²) in [4.78, 5) is 0. The molecule has 0 bridgehead atoms. The van der Waals surface area contributed by atoms with Gasteiger partial charge in [-0.25, -0.2) is 4.39 Å². The first kappa shape index (κ1) is 12.9. The number of halogens is 1. The van der Waals surface area contributed by atoms with Crippen molar-refractivity contribution >= 4 is 0 Å². The number of furan rings is 1. The molecule has 0 fully saturated rings. The molecule has 0 saturated heterocycles. The molecule has 1 atom stereocenters. The first-order valence-corrected chi connectivity index (χ1v) is 6.76. The van der Waals surface area contributed by atoms with E-state index in [9.17, 15) is 4.39 Å². The minimum atomic E-state index is -0.467. The molecule has 4 heteroatoms. The molecule has 1 aliphatic rings. The molecule has 102 valence electrons. The summed E-state index contributed by atoms with van der Waals surface area (Å²) < 4.78 is 18.7. The number of aryl methyl sites for hydroxylation is 1. The van der Waals surface area contributed by atoms with Gasteiger partial charge in [0.2, 0.25) is 0 Å². The third kappa shape index (κ3) is 2.45. The summed E-state index contributed by atoms with van der Waals surface area (Å²) in [6, 6.07) is 8.81. The molecule has 20 heavy (non-hydrogen) atoms. The molecular formula is C16H15FN2O. The van der Waals surface area contributed by atoms with Crippen molar-refractivity contribution < 1.29 is 8.81 Å². The average Bonchev–Trinajstić information content (AvgIpc) is 2.95. The van der Waals surface area contributed by atoms with Crippen LogP contribution < -0.4 is 5.32 Å². The van der Waals surface area contributed by atoms with Gasteiger partial charge in [-0.2, -0.15) is 5.26 Å². The van der Waals surface area contributed by atoms with Crippen LogP contribution in [-0.4, -0.2) is 0 Å². The summed E-state index contributed by atoms with van der Waals surface area (Å²) in [5.41, 5.74) is 2.23. The van der Waals surface area contributed by atoms with Crippen LogP contribution >= 0.6 is 0 Å². The van der Waals surface area contributed by atoms with E-state index in [0.29, 0.717) is 6.54 Å². The number of hydrogen-bond donors (Lipinski definition) is 1. The number of fused-ring (bicyclic) bond motifs is 1. The van der Waals surface area contributed by atoms with Gasteiger partial charge in [-0.15, -0.1) is 0 Å². The molecule has 1 aromatic heterocycles. The van der Waals surface area contributed by atoms with Crippen molar-refractivity contribution in [2.24, 2.45) is 0 Å². The number of hydrogen-bond acceptors (Lipinski definition) is 3. The van der Waals surface area contributed by atoms with Crippen molar-refractivity contribution in [3.05, 3.63) is 58.8 Å². The van der Waals surface area contributed by atoms with E-state index in [1.807, 2.05) is 12.1 Å². The molecule has 0 amide bonds. The lowest BCUT2D eigenvalue weighted by Gasteiger charge is -2.22. The minimum absolute atomic E-state index is 0.0944. The van der Waals surface area contributed by atoms with Crippen molar-refractivity contribution in [2.75, 3.05) is 0 Å². The van der Waals surface area contributed by atoms with Crippen molar-refractivity contribution in [3.8, 4) is 6.07 Å². The molecule has 1 aliphatic carbocycles. The lowest BCUT2D eigenvalue weighted by atomic mass is 9.93. The summed E-state index contributed by atoms with van der Waals surface area (Å²) >= 11 is 0. The highest BCUT2D eigenvalue weighted by atomic mass is 19.1. The van der Waals surface area contributed by atoms with E-state index in [0.717, 1.165) is 30.6 Å². The van der Waals surface area contributed by atoms with E-state index in [2.05, 4.69) is 5.32 Å². The fourth-order valence-electron chi connectivity index (χ4n) is 2.71. The largest absolute Gasteiger partial charge is 0.469 e. The molecule has 0 spiro atoms. The Morgan fingerprint density at radius 3 is 3.15 bits per heavy atom. The van der Waals surface area contributed by atoms with Gasteiger partial charge < -0.3 is 9.73 Å². The van der Waals surface area contributed by atoms with E-state index in [-0.39, 0.29) is 11.6 Å². The second-order valence-corrected chi connectivity index (χ2v) is 5.05. The predicted molar refractivity (Wildman–Crippen MR) is 72.3 cm³/mol. The zero-order valence-corrected chi connectivity index (χ0v) is 11.0. The van der Waals surface area contributed by atoms with Crippen molar-refractivity contribution in [2.45, 2.75) is 31.8 Å². The normalized spacial score (nSPS) is 17.5. The summed E-state index contributed by atoms with van der Waals surface area (Å²) in [6.07, 6.45) is 4.90. The first-order chi connectivity index (χ1) is 9.78. The van der Waals surface area contributed by atoms with Gasteiger partial charge in [0, 0.05) is 24.6 Å². The quantitative estimate of drug-likeness (QED) is 0.929. The third-order valence-corrected chi connectivity index (χ3v) is 3.76. The number of nitrogens with zero attached hydrogens (tertiary/aromatic N) is 1. The van der Waals surface area contributed by atoms with Gasteiger partial charge in [0.05, 0.1) is 11.8 Å². The molecule has 3 rings (SSSR count). The molecule has 0 saturated carbocycles. The van der Waals surface area contributed by atoms with Crippen LogP contribution in [0, 0.1) is 17.1 Å². The van der Waals surface area contributed by atoms with Crippen LogP contribution in [0.2, 0.25) is 0 Å². The Bertz CT molecular complexity index is 657. The Morgan fingerprint density at radius 2 is 2.30 bits per heavy atom. The van der Waals surface area contributed by atoms with Gasteiger partial charge in [0.25, 0.3) is 0 Å². The van der Waals surface area contributed by atoms with Gasteiger partial charge in [0.1, 0.15) is 17.6 Å². The summed E-state index contributed by atoms with van der Waals surface area (Å²) in [6.45, 7) is 0.615. The van der Waals surface area contributed by atoms with Crippen LogP contribution in [0.5, 0.6) is 0 Å². The van der Waals surface area contributed by atoms with Crippen LogP contribution in [0.4, 0.5) is 4.39 Å². The molecule has 1 unspecified atom stereocenters. The smallest absolute Gasteiger partial charge is 0.140 e. The van der Waals surface area contributed by atoms with E-state index in [1.165, 1.54) is 11.6 Å². The predicted octanol–water partition coefficient (Wildman–Crippen LogP) is 3.46. The monoisotopic (exact) mass is 270 g/mol. The SMILES string of the molecule is N#Cc1cc(CNC2CCCc3occc32)ccc1F. The molecule has 1 N–H and O–H groups in total. The van der Waals surface area contributed by atoms with Crippen LogP contribution in [0.15, 0.2) is 34.9 Å². The molecule has 0 radical (unpaired) electrons. The van der Waals surface area contributed by atoms with Gasteiger partial charge in [-0.3, -0.25) is 0 Å². The van der Waals surface area contributed by atoms with Crippen molar-refractivity contribution in [1.29, 1.82) is 5.26 Å². The Balaban J connectivity index is 1.71. The number of nitrogens with one attached hydrogen (secondary N) is 1. The number of benzene rings is 1. The lowest BCUT2D eigenvalue weighted by molar-refractivity contribution is 0.411. The van der Waals surface area contributed by atoms with Crippen LogP contribution in [0.1, 0.15) is 41.3 Å². The molecule has 2 aromatic rings. The summed E-state index contributed by atoms with van der Waals surface area (Å²) in [7, 11) is 0. The second kappa shape index (κ2) is 5.48. The highest BCUT2D eigenvalue weighted by Crippen LogP contribution is 2.30. The molecule has 1 heterocycles. The Morgan fingerprint density at radius 1 is 1.40 bits per heavy atom. The zero-order valence-electron chi connectivity index (χ0n) is 11.0. The van der Waals surface area contributed by atoms with Gasteiger partial charge in [-0.1, -0.05) is 6.07 Å². The molecule has 3 nitrogen and oxygen atoms in total. The minimum Gasteiger partial charge on any atom is -0.469 e. The highest BCUT2D eigenvalue weighted by Gasteiger charge is 2.21. The zero-order chi connectivity index (χ0) is 13.9. The third-order valence-electron chi connectivity index (χ3n) is 3.76. The lowest BCUT2D eigenvalue weighted by Crippen LogP contribution is -2.24. The summed E-state index contributed by atoms with van der Waals surface area (Å²) in [5, 5.41) is 12.3.